The number of carbonyl (C=O) groups excluding carboxylic acids is 1. The van der Waals surface area contributed by atoms with Crippen molar-refractivity contribution in [2.24, 2.45) is 7.05 Å². The number of carbonyl (C=O) groups is 1. The molecule has 0 N–H and O–H groups in total. The Kier molecular flexibility index (Phi) is 5.70. The molecular formula is C23H24N4O4S. The van der Waals surface area contributed by atoms with Crippen LogP contribution in [0.15, 0.2) is 46.1 Å². The lowest BCUT2D eigenvalue weighted by atomic mass is 10.0. The van der Waals surface area contributed by atoms with E-state index in [2.05, 4.69) is 4.98 Å². The molecule has 1 aromatic carbocycles. The quantitative estimate of drug-likeness (QED) is 0.434. The predicted octanol–water partition coefficient (Wildman–Crippen LogP) is 3.12. The summed E-state index contributed by atoms with van der Waals surface area (Å²) < 4.78 is 2.63. The Bertz CT molecular complexity index is 1460. The van der Waals surface area contributed by atoms with Crippen molar-refractivity contribution in [1.29, 1.82) is 0 Å². The highest BCUT2D eigenvalue weighted by molar-refractivity contribution is 7.19. The van der Waals surface area contributed by atoms with Gasteiger partial charge in [0.2, 0.25) is 0 Å². The molecule has 1 amide bonds. The van der Waals surface area contributed by atoms with Crippen LogP contribution in [0.2, 0.25) is 0 Å². The zero-order chi connectivity index (χ0) is 23.2. The van der Waals surface area contributed by atoms with Gasteiger partial charge in [0.1, 0.15) is 4.83 Å². The van der Waals surface area contributed by atoms with E-state index in [1.165, 1.54) is 32.5 Å². The summed E-state index contributed by atoms with van der Waals surface area (Å²) in [6.07, 6.45) is 2.15. The molecule has 3 heterocycles. The number of fused-ring (bicyclic) bond motifs is 2. The number of hydrogen-bond acceptors (Lipinski definition) is 6. The highest BCUT2D eigenvalue weighted by Gasteiger charge is 2.28. The SMILES string of the molecule is CON(C)C(=O)c1c(Cc2ccnc3ccccc23)sc2c1c(=O)n(C)c(=O)n2C(C)C. The molecule has 9 heteroatoms. The van der Waals surface area contributed by atoms with Gasteiger partial charge in [-0.15, -0.1) is 11.3 Å². The summed E-state index contributed by atoms with van der Waals surface area (Å²) in [5, 5.41) is 2.31. The Balaban J connectivity index is 2.07. The second-order valence-corrected chi connectivity index (χ2v) is 8.92. The number of benzene rings is 1. The highest BCUT2D eigenvalue weighted by atomic mass is 32.1. The van der Waals surface area contributed by atoms with Crippen LogP contribution in [0.25, 0.3) is 21.1 Å². The van der Waals surface area contributed by atoms with Gasteiger partial charge in [-0.25, -0.2) is 9.86 Å². The summed E-state index contributed by atoms with van der Waals surface area (Å²) >= 11 is 1.30. The maximum atomic E-state index is 13.3. The fourth-order valence-electron chi connectivity index (χ4n) is 3.86. The van der Waals surface area contributed by atoms with E-state index in [9.17, 15) is 14.4 Å². The predicted molar refractivity (Wildman–Crippen MR) is 125 cm³/mol. The maximum absolute atomic E-state index is 13.3. The molecule has 0 spiro atoms. The van der Waals surface area contributed by atoms with E-state index >= 15 is 0 Å². The van der Waals surface area contributed by atoms with E-state index in [1.807, 2.05) is 44.2 Å². The number of pyridine rings is 1. The monoisotopic (exact) mass is 452 g/mol. The number of aromatic nitrogens is 3. The van der Waals surface area contributed by atoms with Crippen LogP contribution in [0.3, 0.4) is 0 Å². The average Bonchev–Trinajstić information content (AvgIpc) is 3.15. The lowest BCUT2D eigenvalue weighted by molar-refractivity contribution is -0.0756. The lowest BCUT2D eigenvalue weighted by Gasteiger charge is -2.15. The molecule has 0 radical (unpaired) electrons. The zero-order valence-corrected chi connectivity index (χ0v) is 19.4. The minimum atomic E-state index is -0.489. The molecule has 4 aromatic rings. The van der Waals surface area contributed by atoms with Crippen molar-refractivity contribution in [3.05, 3.63) is 73.4 Å². The molecule has 0 atom stereocenters. The third-order valence-corrected chi connectivity index (χ3v) is 6.76. The van der Waals surface area contributed by atoms with E-state index < -0.39 is 17.2 Å². The van der Waals surface area contributed by atoms with Gasteiger partial charge in [-0.3, -0.25) is 28.5 Å². The molecule has 0 saturated carbocycles. The minimum absolute atomic E-state index is 0.187. The fourth-order valence-corrected chi connectivity index (χ4v) is 5.30. The van der Waals surface area contributed by atoms with Gasteiger partial charge >= 0.3 is 5.69 Å². The first-order chi connectivity index (χ1) is 15.3. The number of hydroxylamine groups is 2. The van der Waals surface area contributed by atoms with E-state index in [0.29, 0.717) is 16.1 Å². The number of thiophene rings is 1. The fraction of sp³-hybridized carbons (Fsp3) is 0.304. The zero-order valence-electron chi connectivity index (χ0n) is 18.6. The Morgan fingerprint density at radius 2 is 1.94 bits per heavy atom. The van der Waals surface area contributed by atoms with Gasteiger partial charge < -0.3 is 0 Å². The average molecular weight is 453 g/mol. The van der Waals surface area contributed by atoms with Gasteiger partial charge in [-0.1, -0.05) is 18.2 Å². The van der Waals surface area contributed by atoms with Crippen LogP contribution in [-0.4, -0.2) is 39.2 Å². The van der Waals surface area contributed by atoms with Crippen molar-refractivity contribution in [3.8, 4) is 0 Å². The summed E-state index contributed by atoms with van der Waals surface area (Å²) in [5.41, 5.74) is 1.20. The Hall–Kier alpha value is -3.30. The molecule has 0 aliphatic rings. The second kappa shape index (κ2) is 8.33. The largest absolute Gasteiger partial charge is 0.332 e. The molecule has 0 aliphatic carbocycles. The number of hydrogen-bond donors (Lipinski definition) is 0. The summed E-state index contributed by atoms with van der Waals surface area (Å²) in [6, 6.07) is 9.50. The highest BCUT2D eigenvalue weighted by Crippen LogP contribution is 2.33. The Morgan fingerprint density at radius 1 is 1.22 bits per heavy atom. The summed E-state index contributed by atoms with van der Waals surface area (Å²) in [5.74, 6) is -0.432. The van der Waals surface area contributed by atoms with E-state index in [1.54, 1.807) is 10.8 Å². The number of amides is 1. The van der Waals surface area contributed by atoms with Crippen LogP contribution in [-0.2, 0) is 18.3 Å². The van der Waals surface area contributed by atoms with E-state index in [-0.39, 0.29) is 17.0 Å². The van der Waals surface area contributed by atoms with Crippen LogP contribution >= 0.6 is 11.3 Å². The van der Waals surface area contributed by atoms with Crippen LogP contribution in [0, 0.1) is 0 Å². The molecule has 4 rings (SSSR count). The van der Waals surface area contributed by atoms with Crippen molar-refractivity contribution in [2.75, 3.05) is 14.2 Å². The third-order valence-electron chi connectivity index (χ3n) is 5.57. The van der Waals surface area contributed by atoms with Gasteiger partial charge in [0.05, 0.1) is 23.6 Å². The minimum Gasteiger partial charge on any atom is -0.282 e. The van der Waals surface area contributed by atoms with Gasteiger partial charge in [0.25, 0.3) is 11.5 Å². The van der Waals surface area contributed by atoms with Gasteiger partial charge in [-0.05, 0) is 31.5 Å². The molecule has 0 bridgehead atoms. The third kappa shape index (κ3) is 3.43. The molecule has 166 valence electrons. The first kappa shape index (κ1) is 21.9. The molecule has 0 unspecified atom stereocenters. The van der Waals surface area contributed by atoms with E-state index in [0.717, 1.165) is 26.1 Å². The molecule has 3 aromatic heterocycles. The van der Waals surface area contributed by atoms with Crippen LogP contribution in [0.1, 0.15) is 40.7 Å². The number of rotatable bonds is 5. The molecule has 0 saturated heterocycles. The summed E-state index contributed by atoms with van der Waals surface area (Å²) in [4.78, 5) is 50.1. The lowest BCUT2D eigenvalue weighted by Crippen LogP contribution is -2.39. The number of para-hydroxylation sites is 1. The summed E-state index contributed by atoms with van der Waals surface area (Å²) in [6.45, 7) is 3.76. The van der Waals surface area contributed by atoms with Crippen molar-refractivity contribution in [2.45, 2.75) is 26.3 Å². The molecule has 8 nitrogen and oxygen atoms in total. The summed E-state index contributed by atoms with van der Waals surface area (Å²) in [7, 11) is 4.33. The van der Waals surface area contributed by atoms with Crippen molar-refractivity contribution in [3.63, 3.8) is 0 Å². The van der Waals surface area contributed by atoms with Gasteiger partial charge in [-0.2, -0.15) is 0 Å². The first-order valence-corrected chi connectivity index (χ1v) is 11.0. The molecular weight excluding hydrogens is 428 g/mol. The topological polar surface area (TPSA) is 86.4 Å². The van der Waals surface area contributed by atoms with Crippen molar-refractivity contribution >= 4 is 38.4 Å². The second-order valence-electron chi connectivity index (χ2n) is 7.84. The Labute approximate surface area is 188 Å². The van der Waals surface area contributed by atoms with Crippen molar-refractivity contribution < 1.29 is 9.63 Å². The van der Waals surface area contributed by atoms with Crippen LogP contribution in [0.4, 0.5) is 0 Å². The standard InChI is InChI=1S/C23H24N4O4S/c1-13(2)27-22-19(20(28)25(3)23(27)30)18(21(29)26(4)31-5)17(32-22)12-14-10-11-24-16-9-7-6-8-15(14)16/h6-11,13H,12H2,1-5H3. The molecule has 32 heavy (non-hydrogen) atoms. The van der Waals surface area contributed by atoms with Crippen molar-refractivity contribution in [1.82, 2.24) is 19.2 Å². The smallest absolute Gasteiger partial charge is 0.282 e. The number of nitrogens with zero attached hydrogens (tertiary/aromatic N) is 4. The first-order valence-electron chi connectivity index (χ1n) is 10.2. The van der Waals surface area contributed by atoms with Gasteiger partial charge in [0.15, 0.2) is 0 Å². The van der Waals surface area contributed by atoms with Crippen LogP contribution in [0.5, 0.6) is 0 Å². The van der Waals surface area contributed by atoms with Gasteiger partial charge in [0, 0.05) is 43.0 Å². The van der Waals surface area contributed by atoms with E-state index in [4.69, 9.17) is 4.84 Å². The molecule has 0 fully saturated rings. The maximum Gasteiger partial charge on any atom is 0.332 e. The Morgan fingerprint density at radius 3 is 2.62 bits per heavy atom. The van der Waals surface area contributed by atoms with Crippen LogP contribution < -0.4 is 11.2 Å². The molecule has 0 aliphatic heterocycles. The normalized spacial score (nSPS) is 11.6.